The summed E-state index contributed by atoms with van der Waals surface area (Å²) in [6, 6.07) is 12.9. The summed E-state index contributed by atoms with van der Waals surface area (Å²) in [5.41, 5.74) is 3.40. The molecule has 2 amide bonds. The van der Waals surface area contributed by atoms with Gasteiger partial charge in [-0.15, -0.1) is 11.3 Å². The van der Waals surface area contributed by atoms with Gasteiger partial charge < -0.3 is 9.84 Å². The first kappa shape index (κ1) is 20.4. The maximum Gasteiger partial charge on any atom is 0.263 e. The van der Waals surface area contributed by atoms with Crippen LogP contribution in [0.3, 0.4) is 0 Å². The van der Waals surface area contributed by atoms with Gasteiger partial charge in [-0.3, -0.25) is 14.9 Å². The molecule has 0 fully saturated rings. The van der Waals surface area contributed by atoms with Gasteiger partial charge in [-0.1, -0.05) is 17.3 Å². The number of nitrogens with one attached hydrogen (secondary N) is 2. The lowest BCUT2D eigenvalue weighted by atomic mass is 10.1. The first-order valence-corrected chi connectivity index (χ1v) is 10.2. The number of carbonyl (C=O) groups excluding carboxylic acids is 2. The van der Waals surface area contributed by atoms with E-state index in [1.807, 2.05) is 17.5 Å². The quantitative estimate of drug-likeness (QED) is 0.452. The molecule has 0 saturated heterocycles. The van der Waals surface area contributed by atoms with Crippen molar-refractivity contribution in [2.75, 3.05) is 10.6 Å². The SMILES string of the molecule is CC(=O)Nc1ccc(-c2csc(NC(=O)c3c(-c4ccc(F)cc4)noc3C)n2)cc1. The van der Waals surface area contributed by atoms with E-state index in [4.69, 9.17) is 4.52 Å². The molecule has 156 valence electrons. The molecule has 0 aliphatic rings. The van der Waals surface area contributed by atoms with Crippen molar-refractivity contribution < 1.29 is 18.5 Å². The lowest BCUT2D eigenvalue weighted by Crippen LogP contribution is -2.13. The Morgan fingerprint density at radius 3 is 2.35 bits per heavy atom. The molecular formula is C22H17FN4O3S. The Kier molecular flexibility index (Phi) is 5.59. The van der Waals surface area contributed by atoms with E-state index >= 15 is 0 Å². The zero-order valence-corrected chi connectivity index (χ0v) is 17.4. The van der Waals surface area contributed by atoms with Crippen molar-refractivity contribution in [1.29, 1.82) is 0 Å². The van der Waals surface area contributed by atoms with Crippen molar-refractivity contribution in [2.45, 2.75) is 13.8 Å². The average Bonchev–Trinajstić information content (AvgIpc) is 3.35. The van der Waals surface area contributed by atoms with Gasteiger partial charge in [0.25, 0.3) is 5.91 Å². The molecule has 31 heavy (non-hydrogen) atoms. The maximum atomic E-state index is 13.2. The van der Waals surface area contributed by atoms with Crippen molar-refractivity contribution in [3.63, 3.8) is 0 Å². The fourth-order valence-electron chi connectivity index (χ4n) is 3.00. The van der Waals surface area contributed by atoms with Gasteiger partial charge in [0.15, 0.2) is 5.13 Å². The predicted molar refractivity (Wildman–Crippen MR) is 116 cm³/mol. The Labute approximate surface area is 180 Å². The van der Waals surface area contributed by atoms with Crippen LogP contribution >= 0.6 is 11.3 Å². The molecule has 0 spiro atoms. The zero-order chi connectivity index (χ0) is 22.0. The third kappa shape index (κ3) is 4.51. The average molecular weight is 436 g/mol. The summed E-state index contributed by atoms with van der Waals surface area (Å²) in [5.74, 6) is -0.590. The molecular weight excluding hydrogens is 419 g/mol. The standard InChI is InChI=1S/C22H17FN4O3S/c1-12-19(20(27-30-12)15-3-7-16(23)8-4-15)21(29)26-22-25-18(11-31-22)14-5-9-17(10-6-14)24-13(2)28/h3-11H,1-2H3,(H,24,28)(H,25,26,29). The Bertz CT molecular complexity index is 1250. The Morgan fingerprint density at radius 2 is 1.68 bits per heavy atom. The topological polar surface area (TPSA) is 97.1 Å². The second kappa shape index (κ2) is 8.49. The van der Waals surface area contributed by atoms with Crippen LogP contribution in [0.1, 0.15) is 23.0 Å². The molecule has 0 atom stereocenters. The smallest absolute Gasteiger partial charge is 0.263 e. The van der Waals surface area contributed by atoms with E-state index in [9.17, 15) is 14.0 Å². The summed E-state index contributed by atoms with van der Waals surface area (Å²) in [6.07, 6.45) is 0. The van der Waals surface area contributed by atoms with Crippen LogP contribution in [0, 0.1) is 12.7 Å². The number of thiazole rings is 1. The predicted octanol–water partition coefficient (Wildman–Crippen LogP) is 5.12. The van der Waals surface area contributed by atoms with Crippen molar-refractivity contribution in [3.8, 4) is 22.5 Å². The van der Waals surface area contributed by atoms with Crippen LogP contribution in [0.15, 0.2) is 58.4 Å². The number of amides is 2. The molecule has 0 bridgehead atoms. The van der Waals surface area contributed by atoms with Gasteiger partial charge in [0.2, 0.25) is 5.91 Å². The minimum absolute atomic E-state index is 0.143. The van der Waals surface area contributed by atoms with Gasteiger partial charge in [0.1, 0.15) is 22.8 Å². The van der Waals surface area contributed by atoms with Crippen LogP contribution in [-0.2, 0) is 4.79 Å². The highest BCUT2D eigenvalue weighted by Crippen LogP contribution is 2.29. The first-order valence-electron chi connectivity index (χ1n) is 9.28. The number of benzene rings is 2. The van der Waals surface area contributed by atoms with Crippen molar-refractivity contribution in [3.05, 3.63) is 71.1 Å². The van der Waals surface area contributed by atoms with Crippen molar-refractivity contribution in [1.82, 2.24) is 10.1 Å². The van der Waals surface area contributed by atoms with Gasteiger partial charge in [0.05, 0.1) is 5.69 Å². The minimum Gasteiger partial charge on any atom is -0.360 e. The number of hydrogen-bond donors (Lipinski definition) is 2. The summed E-state index contributed by atoms with van der Waals surface area (Å²) in [6.45, 7) is 3.08. The van der Waals surface area contributed by atoms with E-state index < -0.39 is 5.91 Å². The van der Waals surface area contributed by atoms with Gasteiger partial charge >= 0.3 is 0 Å². The fraction of sp³-hybridized carbons (Fsp3) is 0.0909. The number of hydrogen-bond acceptors (Lipinski definition) is 6. The van der Waals surface area contributed by atoms with Crippen LogP contribution in [0.4, 0.5) is 15.2 Å². The molecule has 0 radical (unpaired) electrons. The molecule has 0 aliphatic heterocycles. The molecule has 2 aromatic heterocycles. The summed E-state index contributed by atoms with van der Waals surface area (Å²) < 4.78 is 18.4. The number of aromatic nitrogens is 2. The number of carbonyl (C=O) groups is 2. The lowest BCUT2D eigenvalue weighted by Gasteiger charge is -2.04. The molecule has 9 heteroatoms. The Hall–Kier alpha value is -3.85. The monoisotopic (exact) mass is 436 g/mol. The summed E-state index contributed by atoms with van der Waals surface area (Å²) in [7, 11) is 0. The molecule has 4 rings (SSSR count). The zero-order valence-electron chi connectivity index (χ0n) is 16.6. The van der Waals surface area contributed by atoms with Crippen LogP contribution in [0.5, 0.6) is 0 Å². The highest BCUT2D eigenvalue weighted by Gasteiger charge is 2.22. The highest BCUT2D eigenvalue weighted by molar-refractivity contribution is 7.14. The Morgan fingerprint density at radius 1 is 1.00 bits per heavy atom. The Balaban J connectivity index is 1.53. The number of aryl methyl sites for hydroxylation is 1. The fourth-order valence-corrected chi connectivity index (χ4v) is 3.71. The second-order valence-electron chi connectivity index (χ2n) is 6.72. The highest BCUT2D eigenvalue weighted by atomic mass is 32.1. The molecule has 0 saturated carbocycles. The van der Waals surface area contributed by atoms with E-state index in [1.54, 1.807) is 19.1 Å². The number of nitrogens with zero attached hydrogens (tertiary/aromatic N) is 2. The largest absolute Gasteiger partial charge is 0.360 e. The number of rotatable bonds is 5. The van der Waals surface area contributed by atoms with E-state index in [1.165, 1.54) is 42.5 Å². The summed E-state index contributed by atoms with van der Waals surface area (Å²) in [4.78, 5) is 28.5. The van der Waals surface area contributed by atoms with E-state index in [-0.39, 0.29) is 17.3 Å². The van der Waals surface area contributed by atoms with E-state index in [0.717, 1.165) is 5.56 Å². The molecule has 0 unspecified atom stereocenters. The second-order valence-corrected chi connectivity index (χ2v) is 7.58. The van der Waals surface area contributed by atoms with E-state index in [2.05, 4.69) is 20.8 Å². The van der Waals surface area contributed by atoms with Gasteiger partial charge in [-0.25, -0.2) is 9.37 Å². The number of halogens is 1. The van der Waals surface area contributed by atoms with Crippen molar-refractivity contribution >= 4 is 34.0 Å². The van der Waals surface area contributed by atoms with Crippen LogP contribution in [0.2, 0.25) is 0 Å². The third-order valence-corrected chi connectivity index (χ3v) is 5.19. The number of anilines is 2. The first-order chi connectivity index (χ1) is 14.9. The van der Waals surface area contributed by atoms with Crippen molar-refractivity contribution in [2.24, 2.45) is 0 Å². The van der Waals surface area contributed by atoms with E-state index in [0.29, 0.717) is 33.5 Å². The molecule has 2 N–H and O–H groups in total. The maximum absolute atomic E-state index is 13.2. The van der Waals surface area contributed by atoms with Gasteiger partial charge in [-0.2, -0.15) is 0 Å². The van der Waals surface area contributed by atoms with Crippen LogP contribution < -0.4 is 10.6 Å². The lowest BCUT2D eigenvalue weighted by molar-refractivity contribution is -0.114. The molecule has 2 aromatic carbocycles. The van der Waals surface area contributed by atoms with Crippen LogP contribution in [0.25, 0.3) is 22.5 Å². The van der Waals surface area contributed by atoms with Gasteiger partial charge in [-0.05, 0) is 43.3 Å². The minimum atomic E-state index is -0.417. The normalized spacial score (nSPS) is 10.7. The summed E-state index contributed by atoms with van der Waals surface area (Å²) in [5, 5.41) is 11.7. The third-order valence-electron chi connectivity index (χ3n) is 4.43. The molecule has 4 aromatic rings. The molecule has 0 aliphatic carbocycles. The molecule has 7 nitrogen and oxygen atoms in total. The molecule has 2 heterocycles. The summed E-state index contributed by atoms with van der Waals surface area (Å²) >= 11 is 1.28. The van der Waals surface area contributed by atoms with Crippen LogP contribution in [-0.4, -0.2) is 22.0 Å². The van der Waals surface area contributed by atoms with Gasteiger partial charge in [0, 0.05) is 29.1 Å².